The second-order valence-electron chi connectivity index (χ2n) is 5.24. The highest BCUT2D eigenvalue weighted by atomic mass is 16.4. The molecule has 76 valence electrons. The molecule has 1 unspecified atom stereocenters. The summed E-state index contributed by atoms with van der Waals surface area (Å²) in [5.74, 6) is -0.729. The van der Waals surface area contributed by atoms with Crippen molar-refractivity contribution in [2.45, 2.75) is 46.1 Å². The quantitative estimate of drug-likeness (QED) is 0.702. The lowest BCUT2D eigenvalue weighted by Crippen LogP contribution is -2.53. The molecule has 0 aromatic heterocycles. The zero-order chi connectivity index (χ0) is 10.3. The summed E-state index contributed by atoms with van der Waals surface area (Å²) >= 11 is 0. The van der Waals surface area contributed by atoms with Crippen LogP contribution in [0.25, 0.3) is 0 Å². The van der Waals surface area contributed by atoms with Crippen LogP contribution in [0.15, 0.2) is 0 Å². The number of carboxylic acid groups (broad SMARTS) is 1. The van der Waals surface area contributed by atoms with Crippen molar-refractivity contribution in [1.82, 2.24) is 0 Å². The molecule has 1 aliphatic carbocycles. The molecule has 1 rings (SSSR count). The van der Waals surface area contributed by atoms with Gasteiger partial charge in [-0.2, -0.15) is 0 Å². The zero-order valence-electron chi connectivity index (χ0n) is 8.63. The molecule has 0 aromatic carbocycles. The van der Waals surface area contributed by atoms with Crippen LogP contribution in [-0.4, -0.2) is 17.1 Å². The summed E-state index contributed by atoms with van der Waals surface area (Å²) in [6.45, 7) is 6.24. The summed E-state index contributed by atoms with van der Waals surface area (Å²) in [4.78, 5) is 10.7. The van der Waals surface area contributed by atoms with Crippen molar-refractivity contribution < 1.29 is 9.90 Å². The van der Waals surface area contributed by atoms with Crippen molar-refractivity contribution in [2.75, 3.05) is 0 Å². The molecule has 0 spiro atoms. The molecule has 3 N–H and O–H groups in total. The first-order valence-electron chi connectivity index (χ1n) is 4.75. The average molecular weight is 185 g/mol. The fourth-order valence-electron chi connectivity index (χ4n) is 2.76. The summed E-state index contributed by atoms with van der Waals surface area (Å²) < 4.78 is 0. The maximum Gasteiger partial charge on any atom is 0.303 e. The van der Waals surface area contributed by atoms with Crippen LogP contribution < -0.4 is 5.73 Å². The van der Waals surface area contributed by atoms with E-state index in [1.165, 1.54) is 0 Å². The van der Waals surface area contributed by atoms with Crippen LogP contribution in [0.3, 0.4) is 0 Å². The number of aliphatic carboxylic acids is 1. The molecule has 1 fully saturated rings. The van der Waals surface area contributed by atoms with Crippen LogP contribution in [0, 0.1) is 10.8 Å². The second-order valence-corrected chi connectivity index (χ2v) is 5.24. The maximum atomic E-state index is 10.7. The van der Waals surface area contributed by atoms with Crippen molar-refractivity contribution in [3.05, 3.63) is 0 Å². The normalized spacial score (nSPS) is 26.2. The van der Waals surface area contributed by atoms with Gasteiger partial charge in [-0.25, -0.2) is 0 Å². The van der Waals surface area contributed by atoms with Gasteiger partial charge in [-0.05, 0) is 30.6 Å². The van der Waals surface area contributed by atoms with Crippen molar-refractivity contribution in [3.63, 3.8) is 0 Å². The van der Waals surface area contributed by atoms with Crippen molar-refractivity contribution in [2.24, 2.45) is 16.6 Å². The van der Waals surface area contributed by atoms with Crippen LogP contribution in [0.4, 0.5) is 0 Å². The van der Waals surface area contributed by atoms with Gasteiger partial charge in [0.05, 0.1) is 6.42 Å². The SMILES string of the molecule is CC(N)C1(CC(=O)O)CC(C)(C)C1. The van der Waals surface area contributed by atoms with E-state index in [1.807, 2.05) is 6.92 Å². The molecule has 1 atom stereocenters. The highest BCUT2D eigenvalue weighted by Crippen LogP contribution is 2.57. The molecule has 0 heterocycles. The number of hydrogen-bond acceptors (Lipinski definition) is 2. The highest BCUT2D eigenvalue weighted by Gasteiger charge is 2.52. The minimum absolute atomic E-state index is 0.0170. The third-order valence-electron chi connectivity index (χ3n) is 3.13. The Morgan fingerprint density at radius 1 is 1.54 bits per heavy atom. The standard InChI is InChI=1S/C10H19NO2/c1-7(11)10(4-8(12)13)5-9(2,3)6-10/h7H,4-6,11H2,1-3H3,(H,12,13). The predicted molar refractivity (Wildman–Crippen MR) is 51.4 cm³/mol. The Hall–Kier alpha value is -0.570. The maximum absolute atomic E-state index is 10.7. The number of nitrogens with two attached hydrogens (primary N) is 1. The smallest absolute Gasteiger partial charge is 0.303 e. The molecular weight excluding hydrogens is 166 g/mol. The number of carbonyl (C=O) groups is 1. The first kappa shape index (κ1) is 10.5. The fraction of sp³-hybridized carbons (Fsp3) is 0.900. The van der Waals surface area contributed by atoms with Gasteiger partial charge in [-0.1, -0.05) is 13.8 Å². The molecule has 0 aliphatic heterocycles. The Kier molecular flexibility index (Phi) is 2.41. The van der Waals surface area contributed by atoms with E-state index in [0.717, 1.165) is 12.8 Å². The molecule has 0 radical (unpaired) electrons. The van der Waals surface area contributed by atoms with E-state index in [1.54, 1.807) is 0 Å². The van der Waals surface area contributed by atoms with Crippen molar-refractivity contribution in [3.8, 4) is 0 Å². The minimum Gasteiger partial charge on any atom is -0.481 e. The molecule has 13 heavy (non-hydrogen) atoms. The molecule has 3 heteroatoms. The number of carboxylic acids is 1. The number of rotatable bonds is 3. The summed E-state index contributed by atoms with van der Waals surface area (Å²) in [5, 5.41) is 8.78. The summed E-state index contributed by atoms with van der Waals surface area (Å²) in [7, 11) is 0. The third kappa shape index (κ3) is 2.02. The fourth-order valence-corrected chi connectivity index (χ4v) is 2.76. The molecule has 3 nitrogen and oxygen atoms in total. The van der Waals surface area contributed by atoms with Gasteiger partial charge < -0.3 is 10.8 Å². The van der Waals surface area contributed by atoms with Gasteiger partial charge in [0.25, 0.3) is 0 Å². The average Bonchev–Trinajstić information content (AvgIpc) is 1.80. The van der Waals surface area contributed by atoms with E-state index in [2.05, 4.69) is 13.8 Å². The second kappa shape index (κ2) is 2.98. The van der Waals surface area contributed by atoms with E-state index in [9.17, 15) is 4.79 Å². The third-order valence-corrected chi connectivity index (χ3v) is 3.13. The van der Waals surface area contributed by atoms with Gasteiger partial charge in [0.2, 0.25) is 0 Å². The Balaban J connectivity index is 2.65. The minimum atomic E-state index is -0.729. The summed E-state index contributed by atoms with van der Waals surface area (Å²) in [6.07, 6.45) is 2.09. The van der Waals surface area contributed by atoms with Gasteiger partial charge in [-0.3, -0.25) is 4.79 Å². The van der Waals surface area contributed by atoms with E-state index in [0.29, 0.717) is 0 Å². The van der Waals surface area contributed by atoms with Gasteiger partial charge in [0, 0.05) is 6.04 Å². The molecule has 1 aliphatic rings. The topological polar surface area (TPSA) is 63.3 Å². The Morgan fingerprint density at radius 3 is 2.23 bits per heavy atom. The Morgan fingerprint density at radius 2 is 2.00 bits per heavy atom. The van der Waals surface area contributed by atoms with Crippen LogP contribution in [-0.2, 0) is 4.79 Å². The first-order chi connectivity index (χ1) is 5.77. The molecule has 0 aromatic rings. The largest absolute Gasteiger partial charge is 0.481 e. The summed E-state index contributed by atoms with van der Waals surface area (Å²) in [6, 6.07) is -0.0170. The zero-order valence-corrected chi connectivity index (χ0v) is 8.63. The lowest BCUT2D eigenvalue weighted by molar-refractivity contribution is -0.145. The lowest BCUT2D eigenvalue weighted by Gasteiger charge is -2.55. The molecule has 0 saturated heterocycles. The van der Waals surface area contributed by atoms with Crippen LogP contribution in [0.2, 0.25) is 0 Å². The van der Waals surface area contributed by atoms with Crippen LogP contribution in [0.5, 0.6) is 0 Å². The van der Waals surface area contributed by atoms with E-state index in [-0.39, 0.29) is 23.3 Å². The van der Waals surface area contributed by atoms with E-state index >= 15 is 0 Å². The van der Waals surface area contributed by atoms with E-state index in [4.69, 9.17) is 10.8 Å². The van der Waals surface area contributed by atoms with Gasteiger partial charge in [-0.15, -0.1) is 0 Å². The van der Waals surface area contributed by atoms with Crippen LogP contribution >= 0.6 is 0 Å². The molecule has 0 bridgehead atoms. The van der Waals surface area contributed by atoms with Crippen molar-refractivity contribution in [1.29, 1.82) is 0 Å². The van der Waals surface area contributed by atoms with Gasteiger partial charge in [0.1, 0.15) is 0 Å². The lowest BCUT2D eigenvalue weighted by atomic mass is 9.50. The van der Waals surface area contributed by atoms with Crippen molar-refractivity contribution >= 4 is 5.97 Å². The molecule has 1 saturated carbocycles. The Labute approximate surface area is 79.3 Å². The van der Waals surface area contributed by atoms with Crippen LogP contribution in [0.1, 0.15) is 40.0 Å². The number of hydrogen-bond donors (Lipinski definition) is 2. The predicted octanol–water partition coefficient (Wildman–Crippen LogP) is 1.61. The molecular formula is C10H19NO2. The van der Waals surface area contributed by atoms with Gasteiger partial charge in [0.15, 0.2) is 0 Å². The van der Waals surface area contributed by atoms with E-state index < -0.39 is 5.97 Å². The highest BCUT2D eigenvalue weighted by molar-refractivity contribution is 5.68. The monoisotopic (exact) mass is 185 g/mol. The Bertz CT molecular complexity index is 213. The summed E-state index contributed by atoms with van der Waals surface area (Å²) in [5.41, 5.74) is 5.98. The first-order valence-corrected chi connectivity index (χ1v) is 4.75. The van der Waals surface area contributed by atoms with Gasteiger partial charge >= 0.3 is 5.97 Å². The molecule has 0 amide bonds.